The van der Waals surface area contributed by atoms with E-state index in [4.69, 9.17) is 19.2 Å². The van der Waals surface area contributed by atoms with Crippen LogP contribution in [0.15, 0.2) is 18.2 Å². The van der Waals surface area contributed by atoms with Crippen LogP contribution in [0, 0.1) is 0 Å². The Labute approximate surface area is 166 Å². The number of aromatic nitrogens is 1. The number of anilines is 2. The van der Waals surface area contributed by atoms with Crippen LogP contribution >= 0.6 is 0 Å². The fourth-order valence-electron chi connectivity index (χ4n) is 3.99. The zero-order chi connectivity index (χ0) is 19.5. The molecule has 0 saturated carbocycles. The van der Waals surface area contributed by atoms with E-state index in [0.29, 0.717) is 11.8 Å². The van der Waals surface area contributed by atoms with Crippen molar-refractivity contribution in [1.29, 1.82) is 0 Å². The van der Waals surface area contributed by atoms with Gasteiger partial charge in [-0.1, -0.05) is 0 Å². The lowest BCUT2D eigenvalue weighted by Gasteiger charge is -2.32. The SMILES string of the molecule is COc1cc2nc(N3CCOCC3)cc(NC3CCN(C)CC3)c2cc1OC. The summed E-state index contributed by atoms with van der Waals surface area (Å²) in [6.45, 7) is 5.44. The minimum Gasteiger partial charge on any atom is -0.493 e. The van der Waals surface area contributed by atoms with Crippen LogP contribution in [0.1, 0.15) is 12.8 Å². The van der Waals surface area contributed by atoms with E-state index in [1.807, 2.05) is 12.1 Å². The second kappa shape index (κ2) is 8.41. The summed E-state index contributed by atoms with van der Waals surface area (Å²) >= 11 is 0. The lowest BCUT2D eigenvalue weighted by molar-refractivity contribution is 0.122. The Morgan fingerprint density at radius 2 is 1.68 bits per heavy atom. The van der Waals surface area contributed by atoms with Gasteiger partial charge < -0.3 is 29.3 Å². The first-order valence-electron chi connectivity index (χ1n) is 10.0. The van der Waals surface area contributed by atoms with Crippen LogP contribution in [0.5, 0.6) is 11.5 Å². The minimum absolute atomic E-state index is 0.465. The van der Waals surface area contributed by atoms with E-state index < -0.39 is 0 Å². The molecule has 2 aliphatic heterocycles. The number of hydrogen-bond donors (Lipinski definition) is 1. The zero-order valence-corrected chi connectivity index (χ0v) is 17.0. The maximum absolute atomic E-state index is 5.54. The first-order chi connectivity index (χ1) is 13.7. The van der Waals surface area contributed by atoms with Crippen LogP contribution < -0.4 is 19.7 Å². The largest absolute Gasteiger partial charge is 0.493 e. The Hall–Kier alpha value is -2.25. The molecule has 7 heteroatoms. The molecule has 0 spiro atoms. The fourth-order valence-corrected chi connectivity index (χ4v) is 3.99. The third-order valence-corrected chi connectivity index (χ3v) is 5.71. The van der Waals surface area contributed by atoms with E-state index in [0.717, 1.165) is 80.4 Å². The van der Waals surface area contributed by atoms with Crippen molar-refractivity contribution >= 4 is 22.4 Å². The van der Waals surface area contributed by atoms with Gasteiger partial charge in [0.1, 0.15) is 5.82 Å². The third kappa shape index (κ3) is 3.95. The molecule has 4 rings (SSSR count). The molecule has 0 bridgehead atoms. The van der Waals surface area contributed by atoms with Gasteiger partial charge in [-0.2, -0.15) is 0 Å². The van der Waals surface area contributed by atoms with Crippen LogP contribution in [0.2, 0.25) is 0 Å². The van der Waals surface area contributed by atoms with E-state index in [1.54, 1.807) is 14.2 Å². The molecule has 28 heavy (non-hydrogen) atoms. The summed E-state index contributed by atoms with van der Waals surface area (Å²) in [5.74, 6) is 2.41. The van der Waals surface area contributed by atoms with Crippen molar-refractivity contribution in [2.45, 2.75) is 18.9 Å². The topological polar surface area (TPSA) is 59.1 Å². The van der Waals surface area contributed by atoms with Crippen LogP contribution in [-0.4, -0.2) is 76.6 Å². The maximum atomic E-state index is 5.54. The van der Waals surface area contributed by atoms with Crippen molar-refractivity contribution in [2.24, 2.45) is 0 Å². The number of benzene rings is 1. The van der Waals surface area contributed by atoms with Gasteiger partial charge in [-0.3, -0.25) is 0 Å². The monoisotopic (exact) mass is 386 g/mol. The Morgan fingerprint density at radius 3 is 2.36 bits per heavy atom. The fraction of sp³-hybridized carbons (Fsp3) is 0.571. The summed E-state index contributed by atoms with van der Waals surface area (Å²) in [7, 11) is 5.52. The molecule has 2 fully saturated rings. The molecule has 3 heterocycles. The van der Waals surface area contributed by atoms with E-state index in [9.17, 15) is 0 Å². The summed E-state index contributed by atoms with van der Waals surface area (Å²) in [5.41, 5.74) is 2.03. The summed E-state index contributed by atoms with van der Waals surface area (Å²) in [5, 5.41) is 4.86. The molecule has 2 saturated heterocycles. The number of methoxy groups -OCH3 is 2. The van der Waals surface area contributed by atoms with E-state index >= 15 is 0 Å². The number of hydrogen-bond acceptors (Lipinski definition) is 7. The molecular weight excluding hydrogens is 356 g/mol. The smallest absolute Gasteiger partial charge is 0.162 e. The summed E-state index contributed by atoms with van der Waals surface area (Å²) in [6, 6.07) is 6.64. The van der Waals surface area contributed by atoms with Crippen molar-refractivity contribution in [3.05, 3.63) is 18.2 Å². The average Bonchev–Trinajstić information content (AvgIpc) is 2.74. The quantitative estimate of drug-likeness (QED) is 0.848. The van der Waals surface area contributed by atoms with Gasteiger partial charge in [-0.25, -0.2) is 4.98 Å². The van der Waals surface area contributed by atoms with Crippen molar-refractivity contribution in [3.8, 4) is 11.5 Å². The van der Waals surface area contributed by atoms with E-state index in [-0.39, 0.29) is 0 Å². The molecule has 0 unspecified atom stereocenters. The van der Waals surface area contributed by atoms with E-state index in [2.05, 4.69) is 28.2 Å². The van der Waals surface area contributed by atoms with E-state index in [1.165, 1.54) is 0 Å². The number of likely N-dealkylation sites (tertiary alicyclic amines) is 1. The summed E-state index contributed by atoms with van der Waals surface area (Å²) < 4.78 is 16.6. The molecule has 2 aromatic rings. The number of nitrogens with zero attached hydrogens (tertiary/aromatic N) is 3. The number of ether oxygens (including phenoxy) is 3. The van der Waals surface area contributed by atoms with Gasteiger partial charge in [-0.15, -0.1) is 0 Å². The highest BCUT2D eigenvalue weighted by Crippen LogP contribution is 2.37. The first kappa shape index (κ1) is 19.1. The summed E-state index contributed by atoms with van der Waals surface area (Å²) in [6.07, 6.45) is 2.28. The van der Waals surface area contributed by atoms with Gasteiger partial charge >= 0.3 is 0 Å². The number of fused-ring (bicyclic) bond motifs is 1. The number of morpholine rings is 1. The van der Waals surface area contributed by atoms with Crippen LogP contribution in [0.3, 0.4) is 0 Å². The molecular formula is C21H30N4O3. The lowest BCUT2D eigenvalue weighted by atomic mass is 10.0. The number of pyridine rings is 1. The molecule has 1 aromatic carbocycles. The Balaban J connectivity index is 1.74. The third-order valence-electron chi connectivity index (χ3n) is 5.71. The molecule has 0 aliphatic carbocycles. The second-order valence-corrected chi connectivity index (χ2v) is 7.57. The second-order valence-electron chi connectivity index (χ2n) is 7.57. The van der Waals surface area contributed by atoms with Crippen molar-refractivity contribution in [3.63, 3.8) is 0 Å². The number of nitrogens with one attached hydrogen (secondary N) is 1. The van der Waals surface area contributed by atoms with Crippen LogP contribution in [0.25, 0.3) is 10.9 Å². The molecule has 2 aliphatic rings. The van der Waals surface area contributed by atoms with Gasteiger partial charge in [0.05, 0.1) is 33.0 Å². The predicted molar refractivity (Wildman–Crippen MR) is 112 cm³/mol. The zero-order valence-electron chi connectivity index (χ0n) is 17.0. The maximum Gasteiger partial charge on any atom is 0.162 e. The minimum atomic E-state index is 0.465. The highest BCUT2D eigenvalue weighted by molar-refractivity contribution is 5.95. The number of piperidine rings is 1. The molecule has 1 N–H and O–H groups in total. The first-order valence-corrected chi connectivity index (χ1v) is 10.0. The van der Waals surface area contributed by atoms with Crippen molar-refractivity contribution < 1.29 is 14.2 Å². The Morgan fingerprint density at radius 1 is 1.00 bits per heavy atom. The van der Waals surface area contributed by atoms with Gasteiger partial charge in [0.15, 0.2) is 11.5 Å². The standard InChI is InChI=1S/C21H30N4O3/c1-24-6-4-15(5-7-24)22-18-14-21(25-8-10-28-11-9-25)23-17-13-20(27-3)19(26-2)12-16(17)18/h12-15H,4-11H2,1-3H3,(H,22,23). The lowest BCUT2D eigenvalue weighted by Crippen LogP contribution is -2.37. The van der Waals surface area contributed by atoms with Crippen LogP contribution in [0.4, 0.5) is 11.5 Å². The van der Waals surface area contributed by atoms with Gasteiger partial charge in [-0.05, 0) is 39.0 Å². The van der Waals surface area contributed by atoms with Crippen molar-refractivity contribution in [2.75, 3.05) is 70.9 Å². The Kier molecular flexibility index (Phi) is 5.73. The molecule has 0 radical (unpaired) electrons. The molecule has 0 atom stereocenters. The highest BCUT2D eigenvalue weighted by Gasteiger charge is 2.21. The normalized spacial score (nSPS) is 19.0. The molecule has 7 nitrogen and oxygen atoms in total. The van der Waals surface area contributed by atoms with Gasteiger partial charge in [0.25, 0.3) is 0 Å². The van der Waals surface area contributed by atoms with Crippen molar-refractivity contribution in [1.82, 2.24) is 9.88 Å². The molecule has 0 amide bonds. The molecule has 152 valence electrons. The molecule has 1 aromatic heterocycles. The average molecular weight is 386 g/mol. The predicted octanol–water partition coefficient (Wildman–Crippen LogP) is 2.59. The van der Waals surface area contributed by atoms with Gasteiger partial charge in [0.2, 0.25) is 0 Å². The number of rotatable bonds is 5. The van der Waals surface area contributed by atoms with Gasteiger partial charge in [0, 0.05) is 42.3 Å². The highest BCUT2D eigenvalue weighted by atomic mass is 16.5. The summed E-state index contributed by atoms with van der Waals surface area (Å²) in [4.78, 5) is 9.61. The Bertz CT molecular complexity index is 815. The van der Waals surface area contributed by atoms with Crippen LogP contribution in [-0.2, 0) is 4.74 Å².